The third-order valence-corrected chi connectivity index (χ3v) is 3.73. The van der Waals surface area contributed by atoms with Crippen LogP contribution < -0.4 is 16.2 Å². The van der Waals surface area contributed by atoms with E-state index >= 15 is 0 Å². The molecule has 5 nitrogen and oxygen atoms in total. The van der Waals surface area contributed by atoms with Crippen LogP contribution in [0.15, 0.2) is 35.1 Å². The minimum Gasteiger partial charge on any atom is -0.354 e. The number of nitrogen functional groups attached to an aromatic ring is 1. The van der Waals surface area contributed by atoms with Gasteiger partial charge in [-0.1, -0.05) is 29.8 Å². The van der Waals surface area contributed by atoms with Crippen LogP contribution in [0.5, 0.6) is 0 Å². The molecule has 0 saturated carbocycles. The molecule has 100 valence electrons. The van der Waals surface area contributed by atoms with Crippen LogP contribution in [0, 0.1) is 0 Å². The molecular formula is C12H13BrClN5. The molecule has 0 amide bonds. The molecule has 0 aliphatic heterocycles. The maximum Gasteiger partial charge on any atom is 0.159 e. The summed E-state index contributed by atoms with van der Waals surface area (Å²) < 4.78 is 0.715. The average molecular weight is 343 g/mol. The van der Waals surface area contributed by atoms with Gasteiger partial charge in [0.05, 0.1) is 0 Å². The summed E-state index contributed by atoms with van der Waals surface area (Å²) in [6, 6.07) is 7.71. The summed E-state index contributed by atoms with van der Waals surface area (Å²) >= 11 is 9.58. The highest BCUT2D eigenvalue weighted by atomic mass is 79.9. The van der Waals surface area contributed by atoms with E-state index in [2.05, 4.69) is 31.3 Å². The predicted octanol–water partition coefficient (Wildman–Crippen LogP) is 2.81. The first kappa shape index (κ1) is 14.0. The number of nitrogens with two attached hydrogens (primary N) is 1. The molecule has 0 unspecified atom stereocenters. The smallest absolute Gasteiger partial charge is 0.159 e. The van der Waals surface area contributed by atoms with Gasteiger partial charge in [0, 0.05) is 18.6 Å². The number of hydrazine groups is 1. The summed E-state index contributed by atoms with van der Waals surface area (Å²) in [6.07, 6.45) is 1.46. The Morgan fingerprint density at radius 2 is 2.11 bits per heavy atom. The maximum atomic E-state index is 6.15. The molecule has 7 heteroatoms. The number of nitrogens with zero attached hydrogens (tertiary/aromatic N) is 3. The van der Waals surface area contributed by atoms with Crippen LogP contribution in [0.25, 0.3) is 0 Å². The maximum absolute atomic E-state index is 6.15. The van der Waals surface area contributed by atoms with E-state index in [1.807, 2.05) is 36.2 Å². The van der Waals surface area contributed by atoms with Crippen molar-refractivity contribution in [2.45, 2.75) is 6.54 Å². The van der Waals surface area contributed by atoms with Crippen molar-refractivity contribution in [3.05, 3.63) is 45.7 Å². The van der Waals surface area contributed by atoms with E-state index in [1.165, 1.54) is 6.33 Å². The number of anilines is 2. The van der Waals surface area contributed by atoms with E-state index in [4.69, 9.17) is 17.4 Å². The minimum atomic E-state index is 0.538. The Morgan fingerprint density at radius 1 is 1.37 bits per heavy atom. The zero-order chi connectivity index (χ0) is 13.8. The van der Waals surface area contributed by atoms with Crippen molar-refractivity contribution in [3.8, 4) is 0 Å². The first-order chi connectivity index (χ1) is 9.13. The molecule has 0 radical (unpaired) electrons. The summed E-state index contributed by atoms with van der Waals surface area (Å²) in [5.41, 5.74) is 3.54. The van der Waals surface area contributed by atoms with Crippen molar-refractivity contribution in [1.29, 1.82) is 0 Å². The lowest BCUT2D eigenvalue weighted by molar-refractivity contribution is 0.886. The van der Waals surface area contributed by atoms with Crippen LogP contribution in [0.1, 0.15) is 5.56 Å². The predicted molar refractivity (Wildman–Crippen MR) is 81.1 cm³/mol. The monoisotopic (exact) mass is 341 g/mol. The second-order valence-corrected chi connectivity index (χ2v) is 5.15. The molecule has 19 heavy (non-hydrogen) atoms. The van der Waals surface area contributed by atoms with Gasteiger partial charge >= 0.3 is 0 Å². The number of aromatic nitrogens is 2. The Balaban J connectivity index is 2.26. The fourth-order valence-electron chi connectivity index (χ4n) is 1.68. The highest BCUT2D eigenvalue weighted by Crippen LogP contribution is 2.29. The van der Waals surface area contributed by atoms with Gasteiger partial charge in [0.2, 0.25) is 0 Å². The highest BCUT2D eigenvalue weighted by molar-refractivity contribution is 9.10. The second-order valence-electron chi connectivity index (χ2n) is 3.95. The summed E-state index contributed by atoms with van der Waals surface area (Å²) in [4.78, 5) is 10.2. The van der Waals surface area contributed by atoms with Crippen molar-refractivity contribution in [2.75, 3.05) is 17.4 Å². The Labute approximate surface area is 124 Å². The Bertz CT molecular complexity index is 578. The van der Waals surface area contributed by atoms with Crippen LogP contribution in [-0.2, 0) is 6.54 Å². The molecular weight excluding hydrogens is 330 g/mol. The van der Waals surface area contributed by atoms with Gasteiger partial charge in [-0.2, -0.15) is 0 Å². The normalized spacial score (nSPS) is 10.3. The standard InChI is InChI=1S/C12H13BrClN5/c1-19(6-8-4-2-3-5-9(8)14)12-10(13)11(18-15)16-7-17-12/h2-5,7H,6,15H2,1H3,(H,16,17,18). The minimum absolute atomic E-state index is 0.538. The van der Waals surface area contributed by atoms with E-state index in [-0.39, 0.29) is 0 Å². The summed E-state index contributed by atoms with van der Waals surface area (Å²) in [5.74, 6) is 6.66. The quantitative estimate of drug-likeness (QED) is 0.660. The summed E-state index contributed by atoms with van der Waals surface area (Å²) in [6.45, 7) is 0.638. The van der Waals surface area contributed by atoms with Gasteiger partial charge in [-0.25, -0.2) is 15.8 Å². The molecule has 0 spiro atoms. The van der Waals surface area contributed by atoms with Crippen molar-refractivity contribution < 1.29 is 0 Å². The molecule has 0 saturated heterocycles. The van der Waals surface area contributed by atoms with Gasteiger partial charge in [-0.3, -0.25) is 0 Å². The number of nitrogens with one attached hydrogen (secondary N) is 1. The van der Waals surface area contributed by atoms with Gasteiger partial charge in [0.15, 0.2) is 5.82 Å². The first-order valence-corrected chi connectivity index (χ1v) is 6.72. The van der Waals surface area contributed by atoms with E-state index in [1.54, 1.807) is 0 Å². The van der Waals surface area contributed by atoms with Gasteiger partial charge in [0.25, 0.3) is 0 Å². The van der Waals surface area contributed by atoms with Crippen molar-refractivity contribution >= 4 is 39.2 Å². The Morgan fingerprint density at radius 3 is 2.79 bits per heavy atom. The van der Waals surface area contributed by atoms with Crippen molar-refractivity contribution in [3.63, 3.8) is 0 Å². The lowest BCUT2D eigenvalue weighted by atomic mass is 10.2. The zero-order valence-corrected chi connectivity index (χ0v) is 12.6. The summed E-state index contributed by atoms with van der Waals surface area (Å²) in [7, 11) is 1.93. The number of hydrogen-bond donors (Lipinski definition) is 2. The van der Waals surface area contributed by atoms with E-state index in [0.717, 1.165) is 16.4 Å². The molecule has 2 aromatic rings. The lowest BCUT2D eigenvalue weighted by Crippen LogP contribution is -2.20. The molecule has 0 fully saturated rings. The Hall–Kier alpha value is -1.37. The fourth-order valence-corrected chi connectivity index (χ4v) is 2.50. The molecule has 1 aromatic heterocycles. The van der Waals surface area contributed by atoms with Crippen molar-refractivity contribution in [1.82, 2.24) is 9.97 Å². The third kappa shape index (κ3) is 3.15. The summed E-state index contributed by atoms with van der Waals surface area (Å²) in [5, 5.41) is 0.733. The van der Waals surface area contributed by atoms with Gasteiger partial charge < -0.3 is 10.3 Å². The van der Waals surface area contributed by atoms with Crippen LogP contribution in [-0.4, -0.2) is 17.0 Å². The number of rotatable bonds is 4. The third-order valence-electron chi connectivity index (χ3n) is 2.63. The van der Waals surface area contributed by atoms with Crippen LogP contribution >= 0.6 is 27.5 Å². The molecule has 0 aliphatic carbocycles. The van der Waals surface area contributed by atoms with E-state index in [9.17, 15) is 0 Å². The lowest BCUT2D eigenvalue weighted by Gasteiger charge is -2.20. The van der Waals surface area contributed by atoms with Gasteiger partial charge in [-0.15, -0.1) is 0 Å². The van der Waals surface area contributed by atoms with Gasteiger partial charge in [-0.05, 0) is 27.6 Å². The highest BCUT2D eigenvalue weighted by Gasteiger charge is 2.13. The van der Waals surface area contributed by atoms with Crippen LogP contribution in [0.4, 0.5) is 11.6 Å². The van der Waals surface area contributed by atoms with E-state index in [0.29, 0.717) is 16.8 Å². The first-order valence-electron chi connectivity index (χ1n) is 5.55. The number of benzene rings is 1. The van der Waals surface area contributed by atoms with E-state index < -0.39 is 0 Å². The molecule has 0 atom stereocenters. The average Bonchev–Trinajstić information content (AvgIpc) is 2.41. The Kier molecular flexibility index (Phi) is 4.57. The second kappa shape index (κ2) is 6.18. The van der Waals surface area contributed by atoms with Crippen molar-refractivity contribution in [2.24, 2.45) is 5.84 Å². The molecule has 1 aromatic carbocycles. The van der Waals surface area contributed by atoms with Crippen LogP contribution in [0.3, 0.4) is 0 Å². The molecule has 2 rings (SSSR count). The zero-order valence-electron chi connectivity index (χ0n) is 10.3. The topological polar surface area (TPSA) is 67.1 Å². The van der Waals surface area contributed by atoms with Gasteiger partial charge in [0.1, 0.15) is 16.6 Å². The largest absolute Gasteiger partial charge is 0.354 e. The molecule has 3 N–H and O–H groups in total. The molecule has 0 bridgehead atoms. The molecule has 0 aliphatic rings. The molecule has 1 heterocycles. The SMILES string of the molecule is CN(Cc1ccccc1Cl)c1ncnc(NN)c1Br. The fraction of sp³-hybridized carbons (Fsp3) is 0.167. The number of hydrogen-bond acceptors (Lipinski definition) is 5. The number of halogens is 2. The van der Waals surface area contributed by atoms with Crippen LogP contribution in [0.2, 0.25) is 5.02 Å².